The summed E-state index contributed by atoms with van der Waals surface area (Å²) in [4.78, 5) is 29.6. The van der Waals surface area contributed by atoms with Crippen molar-refractivity contribution in [2.24, 2.45) is 0 Å². The number of esters is 1. The lowest BCUT2D eigenvalue weighted by molar-refractivity contribution is -0.870. The van der Waals surface area contributed by atoms with E-state index in [-0.39, 0.29) is 38.3 Å². The fourth-order valence-electron chi connectivity index (χ4n) is 5.87. The lowest BCUT2D eigenvalue weighted by Crippen LogP contribution is -2.37. The molecule has 0 amide bonds. The predicted octanol–water partition coefficient (Wildman–Crippen LogP) is 11.4. The molecule has 55 heavy (non-hydrogen) atoms. The summed E-state index contributed by atoms with van der Waals surface area (Å²) >= 11 is 0. The molecule has 0 heterocycles. The van der Waals surface area contributed by atoms with E-state index >= 15 is 0 Å². The first-order valence-electron chi connectivity index (χ1n) is 22.0. The molecule has 0 aromatic carbocycles. The average molecular weight is 802 g/mol. The molecule has 3 atom stereocenters. The highest BCUT2D eigenvalue weighted by molar-refractivity contribution is 7.45. The minimum absolute atomic E-state index is 0.00813. The summed E-state index contributed by atoms with van der Waals surface area (Å²) in [6.07, 6.45) is 38.9. The molecule has 0 aliphatic carbocycles. The van der Waals surface area contributed by atoms with E-state index in [2.05, 4.69) is 37.0 Å². The molecule has 10 nitrogen and oxygen atoms in total. The van der Waals surface area contributed by atoms with Gasteiger partial charge in [0.1, 0.15) is 25.4 Å². The average Bonchev–Trinajstić information content (AvgIpc) is 3.14. The predicted molar refractivity (Wildman–Crippen MR) is 225 cm³/mol. The van der Waals surface area contributed by atoms with Gasteiger partial charge in [0.15, 0.2) is 0 Å². The van der Waals surface area contributed by atoms with Crippen molar-refractivity contribution in [3.05, 3.63) is 36.5 Å². The van der Waals surface area contributed by atoms with Gasteiger partial charge in [0.25, 0.3) is 7.82 Å². The second-order valence-corrected chi connectivity index (χ2v) is 17.4. The zero-order valence-electron chi connectivity index (χ0n) is 35.9. The molecule has 0 fully saturated rings. The van der Waals surface area contributed by atoms with E-state index in [0.29, 0.717) is 24.1 Å². The molecular formula is C44H84NO9P. The molecule has 0 saturated carbocycles. The van der Waals surface area contributed by atoms with Crippen molar-refractivity contribution in [1.29, 1.82) is 0 Å². The van der Waals surface area contributed by atoms with Crippen molar-refractivity contribution in [2.75, 3.05) is 54.1 Å². The van der Waals surface area contributed by atoms with Gasteiger partial charge in [0.05, 0.1) is 34.4 Å². The van der Waals surface area contributed by atoms with Gasteiger partial charge in [-0.1, -0.05) is 147 Å². The maximum absolute atomic E-state index is 12.7. The number of ether oxygens (including phenoxy) is 2. The van der Waals surface area contributed by atoms with Crippen molar-refractivity contribution in [1.82, 2.24) is 0 Å². The molecule has 324 valence electrons. The molecule has 0 radical (unpaired) electrons. The lowest BCUT2D eigenvalue weighted by atomic mass is 10.1. The Balaban J connectivity index is 4.35. The van der Waals surface area contributed by atoms with Crippen molar-refractivity contribution in [2.45, 2.75) is 187 Å². The fraction of sp³-hybridized carbons (Fsp3) is 0.841. The molecular weight excluding hydrogens is 717 g/mol. The Morgan fingerprint density at radius 3 is 1.82 bits per heavy atom. The maximum Gasteiger partial charge on any atom is 0.306 e. The van der Waals surface area contributed by atoms with Crippen LogP contribution in [0.5, 0.6) is 0 Å². The fourth-order valence-corrected chi connectivity index (χ4v) is 6.60. The van der Waals surface area contributed by atoms with Gasteiger partial charge >= 0.3 is 5.97 Å². The first kappa shape index (κ1) is 53.6. The molecule has 0 rings (SSSR count). The zero-order valence-corrected chi connectivity index (χ0v) is 36.8. The summed E-state index contributed by atoms with van der Waals surface area (Å²) in [5.41, 5.74) is 0. The van der Waals surface area contributed by atoms with Crippen LogP contribution < -0.4 is 4.89 Å². The highest BCUT2D eigenvalue weighted by Gasteiger charge is 2.20. The van der Waals surface area contributed by atoms with E-state index in [1.54, 1.807) is 0 Å². The topological polar surface area (TPSA) is 124 Å². The number of rotatable bonds is 41. The summed E-state index contributed by atoms with van der Waals surface area (Å²) in [5.74, 6) is -0.379. The number of nitrogens with zero attached hydrogens (tertiary/aromatic N) is 1. The number of hydrogen-bond donors (Lipinski definition) is 1. The molecule has 0 aliphatic rings. The van der Waals surface area contributed by atoms with Gasteiger partial charge < -0.3 is 27.9 Å². The Hall–Kier alpha value is -1.36. The monoisotopic (exact) mass is 802 g/mol. The van der Waals surface area contributed by atoms with Gasteiger partial charge in [0.2, 0.25) is 0 Å². The van der Waals surface area contributed by atoms with E-state index in [1.165, 1.54) is 70.6 Å². The molecule has 3 unspecified atom stereocenters. The Kier molecular flexibility index (Phi) is 37.2. The smallest absolute Gasteiger partial charge is 0.306 e. The largest absolute Gasteiger partial charge is 0.756 e. The Morgan fingerprint density at radius 1 is 0.673 bits per heavy atom. The minimum Gasteiger partial charge on any atom is -0.756 e. The Bertz CT molecular complexity index is 998. The number of carbonyl (C=O) groups is 1. The number of hydrogen-bond acceptors (Lipinski definition) is 9. The first-order valence-corrected chi connectivity index (χ1v) is 23.4. The summed E-state index contributed by atoms with van der Waals surface area (Å²) in [6, 6.07) is 0. The van der Waals surface area contributed by atoms with Crippen LogP contribution in [-0.4, -0.2) is 82.0 Å². The number of carbonyl (C=O) groups excluding carboxylic acids is 1. The van der Waals surface area contributed by atoms with E-state index < -0.39 is 13.9 Å². The van der Waals surface area contributed by atoms with Crippen LogP contribution in [0.3, 0.4) is 0 Å². The quantitative estimate of drug-likeness (QED) is 0.00940. The third-order valence-electron chi connectivity index (χ3n) is 9.38. The lowest BCUT2D eigenvalue weighted by Gasteiger charge is -2.28. The second kappa shape index (κ2) is 38.2. The zero-order chi connectivity index (χ0) is 40.7. The van der Waals surface area contributed by atoms with Crippen molar-refractivity contribution in [3.8, 4) is 0 Å². The SMILES string of the molecule is CCCCCCCC/C=C\CCCCCCCCOCC(COP(=O)([O-])OCC[N+](C)(C)C)OC(=O)CCCCCCC/C=C\C=C\C(CCCCC)OO. The van der Waals surface area contributed by atoms with Crippen LogP contribution in [0.1, 0.15) is 174 Å². The summed E-state index contributed by atoms with van der Waals surface area (Å²) < 4.78 is 34.5. The third kappa shape index (κ3) is 40.6. The molecule has 1 N–H and O–H groups in total. The van der Waals surface area contributed by atoms with Gasteiger partial charge in [-0.15, -0.1) is 0 Å². The molecule has 0 aromatic heterocycles. The summed E-state index contributed by atoms with van der Waals surface area (Å²) in [7, 11) is 1.29. The number of quaternary nitrogens is 1. The summed E-state index contributed by atoms with van der Waals surface area (Å²) in [5, 5.41) is 9.03. The van der Waals surface area contributed by atoms with Gasteiger partial charge in [-0.05, 0) is 57.8 Å². The number of phosphoric ester groups is 1. The molecule has 0 aliphatic heterocycles. The van der Waals surface area contributed by atoms with Crippen LogP contribution in [0.15, 0.2) is 36.5 Å². The van der Waals surface area contributed by atoms with Crippen LogP contribution in [0.25, 0.3) is 0 Å². The second-order valence-electron chi connectivity index (χ2n) is 16.0. The number of phosphoric acid groups is 1. The molecule has 0 bridgehead atoms. The van der Waals surface area contributed by atoms with Crippen LogP contribution >= 0.6 is 7.82 Å². The van der Waals surface area contributed by atoms with Crippen LogP contribution in [0.4, 0.5) is 0 Å². The minimum atomic E-state index is -4.55. The van der Waals surface area contributed by atoms with Gasteiger partial charge in [-0.2, -0.15) is 0 Å². The van der Waals surface area contributed by atoms with E-state index in [0.717, 1.165) is 77.0 Å². The van der Waals surface area contributed by atoms with Gasteiger partial charge in [-0.3, -0.25) is 14.6 Å². The van der Waals surface area contributed by atoms with Crippen molar-refractivity contribution < 1.29 is 47.4 Å². The maximum atomic E-state index is 12.7. The van der Waals surface area contributed by atoms with Gasteiger partial charge in [-0.25, -0.2) is 4.89 Å². The molecule has 0 saturated heterocycles. The van der Waals surface area contributed by atoms with E-state index in [1.807, 2.05) is 39.4 Å². The molecule has 11 heteroatoms. The number of unbranched alkanes of at least 4 members (excludes halogenated alkanes) is 19. The number of likely N-dealkylation sites (N-methyl/N-ethyl adjacent to an activating group) is 1. The van der Waals surface area contributed by atoms with Crippen LogP contribution in [-0.2, 0) is 32.8 Å². The highest BCUT2D eigenvalue weighted by Crippen LogP contribution is 2.38. The van der Waals surface area contributed by atoms with E-state index in [9.17, 15) is 14.3 Å². The van der Waals surface area contributed by atoms with Crippen molar-refractivity contribution in [3.63, 3.8) is 0 Å². The van der Waals surface area contributed by atoms with Crippen LogP contribution in [0.2, 0.25) is 0 Å². The molecule has 0 aromatic rings. The third-order valence-corrected chi connectivity index (χ3v) is 10.3. The summed E-state index contributed by atoms with van der Waals surface area (Å²) in [6.45, 7) is 5.18. The molecule has 0 spiro atoms. The highest BCUT2D eigenvalue weighted by atomic mass is 31.2. The standard InChI is InChI=1S/C44H84NO9P/c1-6-8-10-11-12-13-14-15-16-17-18-19-23-26-29-33-38-50-40-43(41-52-55(48,49)51-39-37-45(3,4)5)53-44(46)36-32-28-25-22-20-21-24-27-31-35-42(54-47)34-30-9-7-2/h15-16,24,27,31,35,42-43H,6-14,17-23,25-26,28-30,32-34,36-41H2,1-5H3,(H-,47,48,49)/b16-15-,27-24-,35-31+. The van der Waals surface area contributed by atoms with Crippen molar-refractivity contribution >= 4 is 13.8 Å². The van der Waals surface area contributed by atoms with E-state index in [4.69, 9.17) is 23.8 Å². The Labute approximate surface area is 337 Å². The Morgan fingerprint density at radius 2 is 1.22 bits per heavy atom. The van der Waals surface area contributed by atoms with Crippen LogP contribution in [0, 0.1) is 0 Å². The first-order chi connectivity index (χ1) is 26.5. The normalized spacial score (nSPS) is 14.7. The number of allylic oxidation sites excluding steroid dienone is 5. The van der Waals surface area contributed by atoms with Gasteiger partial charge in [0, 0.05) is 13.0 Å².